The predicted octanol–water partition coefficient (Wildman–Crippen LogP) is 2.04. The van der Waals surface area contributed by atoms with Crippen molar-refractivity contribution in [3.05, 3.63) is 36.2 Å². The van der Waals surface area contributed by atoms with Crippen LogP contribution in [0.3, 0.4) is 0 Å². The molecule has 2 heterocycles. The van der Waals surface area contributed by atoms with Crippen molar-refractivity contribution in [3.63, 3.8) is 0 Å². The SMILES string of the molecule is CN(C)C(=O)C1CCCN(Cc2nc(-c3ccccc3)no2)C1. The van der Waals surface area contributed by atoms with Gasteiger partial charge in [-0.2, -0.15) is 4.98 Å². The standard InChI is InChI=1S/C17H22N4O2/c1-20(2)17(22)14-9-6-10-21(11-14)12-15-18-16(19-23-15)13-7-4-3-5-8-13/h3-5,7-8,14H,6,9-12H2,1-2H3. The lowest BCUT2D eigenvalue weighted by Gasteiger charge is -2.32. The van der Waals surface area contributed by atoms with Crippen molar-refractivity contribution in [3.8, 4) is 11.4 Å². The minimum Gasteiger partial charge on any atom is -0.349 e. The van der Waals surface area contributed by atoms with Gasteiger partial charge in [0.05, 0.1) is 12.5 Å². The van der Waals surface area contributed by atoms with Crippen LogP contribution in [0.25, 0.3) is 11.4 Å². The Morgan fingerprint density at radius 2 is 2.13 bits per heavy atom. The highest BCUT2D eigenvalue weighted by Gasteiger charge is 2.27. The van der Waals surface area contributed by atoms with E-state index in [9.17, 15) is 4.79 Å². The number of benzene rings is 1. The first-order valence-electron chi connectivity index (χ1n) is 7.95. The van der Waals surface area contributed by atoms with Crippen molar-refractivity contribution >= 4 is 5.91 Å². The lowest BCUT2D eigenvalue weighted by atomic mass is 9.97. The fourth-order valence-corrected chi connectivity index (χ4v) is 2.98. The fourth-order valence-electron chi connectivity index (χ4n) is 2.98. The lowest BCUT2D eigenvalue weighted by molar-refractivity contribution is -0.134. The molecule has 1 aromatic carbocycles. The number of hydrogen-bond acceptors (Lipinski definition) is 5. The minimum atomic E-state index is 0.0651. The Hall–Kier alpha value is -2.21. The normalized spacial score (nSPS) is 18.8. The molecule has 1 aliphatic rings. The molecule has 122 valence electrons. The molecule has 1 aromatic heterocycles. The van der Waals surface area contributed by atoms with Gasteiger partial charge in [0.1, 0.15) is 0 Å². The van der Waals surface area contributed by atoms with Gasteiger partial charge in [0.15, 0.2) is 0 Å². The summed E-state index contributed by atoms with van der Waals surface area (Å²) in [7, 11) is 3.62. The smallest absolute Gasteiger partial charge is 0.241 e. The summed E-state index contributed by atoms with van der Waals surface area (Å²) in [6.45, 7) is 2.30. The van der Waals surface area contributed by atoms with Crippen molar-refractivity contribution in [2.75, 3.05) is 27.2 Å². The van der Waals surface area contributed by atoms with Crippen LogP contribution in [0.2, 0.25) is 0 Å². The molecule has 1 saturated heterocycles. The zero-order chi connectivity index (χ0) is 16.2. The van der Waals surface area contributed by atoms with E-state index in [2.05, 4.69) is 15.0 Å². The molecule has 0 bridgehead atoms. The van der Waals surface area contributed by atoms with E-state index in [4.69, 9.17) is 4.52 Å². The third kappa shape index (κ3) is 3.76. The number of likely N-dealkylation sites (tertiary alicyclic amines) is 1. The third-order valence-corrected chi connectivity index (χ3v) is 4.15. The Kier molecular flexibility index (Phi) is 4.71. The van der Waals surface area contributed by atoms with Gasteiger partial charge in [0, 0.05) is 26.2 Å². The van der Waals surface area contributed by atoms with Gasteiger partial charge in [-0.15, -0.1) is 0 Å². The van der Waals surface area contributed by atoms with E-state index in [1.54, 1.807) is 4.90 Å². The van der Waals surface area contributed by atoms with Gasteiger partial charge in [0.2, 0.25) is 17.6 Å². The van der Waals surface area contributed by atoms with Crippen LogP contribution in [-0.4, -0.2) is 53.0 Å². The molecule has 0 aliphatic carbocycles. The molecule has 1 amide bonds. The van der Waals surface area contributed by atoms with Gasteiger partial charge in [-0.25, -0.2) is 0 Å². The molecule has 3 rings (SSSR count). The zero-order valence-electron chi connectivity index (χ0n) is 13.6. The molecule has 23 heavy (non-hydrogen) atoms. The van der Waals surface area contributed by atoms with Crippen LogP contribution >= 0.6 is 0 Å². The molecule has 6 nitrogen and oxygen atoms in total. The van der Waals surface area contributed by atoms with Crippen molar-refractivity contribution < 1.29 is 9.32 Å². The number of carbonyl (C=O) groups excluding carboxylic acids is 1. The van der Waals surface area contributed by atoms with E-state index in [1.807, 2.05) is 44.4 Å². The van der Waals surface area contributed by atoms with Crippen LogP contribution in [0.15, 0.2) is 34.9 Å². The summed E-state index contributed by atoms with van der Waals surface area (Å²) in [6.07, 6.45) is 1.97. The highest BCUT2D eigenvalue weighted by Crippen LogP contribution is 2.21. The maximum absolute atomic E-state index is 12.1. The second-order valence-electron chi connectivity index (χ2n) is 6.18. The Labute approximate surface area is 136 Å². The van der Waals surface area contributed by atoms with Crippen molar-refractivity contribution in [2.45, 2.75) is 19.4 Å². The first kappa shape index (κ1) is 15.7. The average Bonchev–Trinajstić information content (AvgIpc) is 3.03. The van der Waals surface area contributed by atoms with Crippen LogP contribution in [0.5, 0.6) is 0 Å². The van der Waals surface area contributed by atoms with E-state index in [0.29, 0.717) is 18.3 Å². The Morgan fingerprint density at radius 1 is 1.35 bits per heavy atom. The number of aromatic nitrogens is 2. The average molecular weight is 314 g/mol. The number of rotatable bonds is 4. The quantitative estimate of drug-likeness (QED) is 0.864. The number of nitrogens with zero attached hydrogens (tertiary/aromatic N) is 4. The number of carbonyl (C=O) groups is 1. The van der Waals surface area contributed by atoms with Crippen molar-refractivity contribution in [2.24, 2.45) is 5.92 Å². The van der Waals surface area contributed by atoms with Crippen molar-refractivity contribution in [1.82, 2.24) is 19.9 Å². The monoisotopic (exact) mass is 314 g/mol. The minimum absolute atomic E-state index is 0.0651. The maximum atomic E-state index is 12.1. The summed E-state index contributed by atoms with van der Waals surface area (Å²) >= 11 is 0. The largest absolute Gasteiger partial charge is 0.349 e. The first-order chi connectivity index (χ1) is 11.1. The summed E-state index contributed by atoms with van der Waals surface area (Å²) < 4.78 is 5.37. The fraction of sp³-hybridized carbons (Fsp3) is 0.471. The lowest BCUT2D eigenvalue weighted by Crippen LogP contribution is -2.42. The van der Waals surface area contributed by atoms with Crippen LogP contribution in [-0.2, 0) is 11.3 Å². The molecule has 0 saturated carbocycles. The highest BCUT2D eigenvalue weighted by atomic mass is 16.5. The predicted molar refractivity (Wildman–Crippen MR) is 86.4 cm³/mol. The topological polar surface area (TPSA) is 62.5 Å². The van der Waals surface area contributed by atoms with Gasteiger partial charge in [-0.1, -0.05) is 35.5 Å². The van der Waals surface area contributed by atoms with Crippen LogP contribution in [0.1, 0.15) is 18.7 Å². The highest BCUT2D eigenvalue weighted by molar-refractivity contribution is 5.78. The van der Waals surface area contributed by atoms with Gasteiger partial charge >= 0.3 is 0 Å². The number of hydrogen-bond donors (Lipinski definition) is 0. The molecule has 0 spiro atoms. The molecule has 0 radical (unpaired) electrons. The third-order valence-electron chi connectivity index (χ3n) is 4.15. The maximum Gasteiger partial charge on any atom is 0.241 e. The van der Waals surface area contributed by atoms with E-state index in [0.717, 1.165) is 31.5 Å². The Morgan fingerprint density at radius 3 is 2.87 bits per heavy atom. The van der Waals surface area contributed by atoms with Gasteiger partial charge < -0.3 is 9.42 Å². The second kappa shape index (κ2) is 6.91. The van der Waals surface area contributed by atoms with E-state index >= 15 is 0 Å². The Balaban J connectivity index is 1.63. The molecule has 2 aromatic rings. The summed E-state index contributed by atoms with van der Waals surface area (Å²) in [6, 6.07) is 9.78. The molecule has 6 heteroatoms. The second-order valence-corrected chi connectivity index (χ2v) is 6.18. The van der Waals surface area contributed by atoms with Crippen LogP contribution in [0, 0.1) is 5.92 Å². The summed E-state index contributed by atoms with van der Waals surface area (Å²) in [5, 5.41) is 4.05. The van der Waals surface area contributed by atoms with E-state index in [-0.39, 0.29) is 11.8 Å². The number of amides is 1. The molecule has 1 aliphatic heterocycles. The van der Waals surface area contributed by atoms with E-state index < -0.39 is 0 Å². The van der Waals surface area contributed by atoms with Crippen LogP contribution < -0.4 is 0 Å². The van der Waals surface area contributed by atoms with Crippen molar-refractivity contribution in [1.29, 1.82) is 0 Å². The van der Waals surface area contributed by atoms with Gasteiger partial charge in [-0.05, 0) is 19.4 Å². The summed E-state index contributed by atoms with van der Waals surface area (Å²) in [5.74, 6) is 1.47. The van der Waals surface area contributed by atoms with Gasteiger partial charge in [-0.3, -0.25) is 9.69 Å². The molecule has 1 unspecified atom stereocenters. The molecular weight excluding hydrogens is 292 g/mol. The summed E-state index contributed by atoms with van der Waals surface area (Å²) in [4.78, 5) is 20.5. The van der Waals surface area contributed by atoms with Crippen LogP contribution in [0.4, 0.5) is 0 Å². The van der Waals surface area contributed by atoms with Gasteiger partial charge in [0.25, 0.3) is 0 Å². The summed E-state index contributed by atoms with van der Waals surface area (Å²) in [5.41, 5.74) is 0.946. The Bertz CT molecular complexity index is 654. The molecule has 1 atom stereocenters. The molecular formula is C17H22N4O2. The zero-order valence-corrected chi connectivity index (χ0v) is 13.6. The van der Waals surface area contributed by atoms with E-state index in [1.165, 1.54) is 0 Å². The number of piperidine rings is 1. The molecule has 1 fully saturated rings. The molecule has 0 N–H and O–H groups in total. The first-order valence-corrected chi connectivity index (χ1v) is 7.95.